The van der Waals surface area contributed by atoms with Crippen molar-refractivity contribution in [3.05, 3.63) is 61.9 Å². The quantitative estimate of drug-likeness (QED) is 0.198. The third-order valence-corrected chi connectivity index (χ3v) is 10.1. The second-order valence-electron chi connectivity index (χ2n) is 12.4. The number of non-ortho nitro benzene ring substituents is 1. The smallest absolute Gasteiger partial charge is 0.339 e. The van der Waals surface area contributed by atoms with Crippen molar-refractivity contribution < 1.29 is 19.2 Å². The number of hydrogen-bond donors (Lipinski definition) is 0. The summed E-state index contributed by atoms with van der Waals surface area (Å²) >= 11 is 0. The molecule has 1 saturated carbocycles. The molecule has 35 heavy (non-hydrogen) atoms. The lowest BCUT2D eigenvalue weighted by molar-refractivity contribution is -0.384. The third-order valence-electron chi connectivity index (χ3n) is 8.04. The van der Waals surface area contributed by atoms with Gasteiger partial charge in [-0.2, -0.15) is 0 Å². The number of rotatable bonds is 4. The lowest BCUT2D eigenvalue weighted by Gasteiger charge is -2.39. The van der Waals surface area contributed by atoms with Gasteiger partial charge in [0.05, 0.1) is 18.6 Å². The SMILES string of the molecule is CC(C)(C)[C@H]1CCC2=C3C(=C([Si](C)(C)C)C(=O)C3OC(=O)c3ccc([N+](=O)[O-])cc3)CCC[C@H]2C1. The first kappa shape index (κ1) is 25.5. The van der Waals surface area contributed by atoms with Gasteiger partial charge in [0.2, 0.25) is 0 Å². The zero-order chi connectivity index (χ0) is 25.7. The van der Waals surface area contributed by atoms with Crippen LogP contribution in [0.25, 0.3) is 0 Å². The number of Topliss-reactive ketones (excluding diaryl/α,β-unsaturated/α-hetero) is 1. The molecule has 1 aromatic rings. The molecule has 7 heteroatoms. The Balaban J connectivity index is 1.73. The Morgan fingerprint density at radius 1 is 1.09 bits per heavy atom. The number of hydrogen-bond acceptors (Lipinski definition) is 5. The van der Waals surface area contributed by atoms with Crippen LogP contribution in [-0.4, -0.2) is 30.9 Å². The first-order chi connectivity index (χ1) is 16.3. The largest absolute Gasteiger partial charge is 0.445 e. The van der Waals surface area contributed by atoms with E-state index in [9.17, 15) is 19.7 Å². The highest BCUT2D eigenvalue weighted by Crippen LogP contribution is 2.51. The fourth-order valence-corrected chi connectivity index (χ4v) is 8.29. The van der Waals surface area contributed by atoms with Crippen LogP contribution in [0.15, 0.2) is 46.2 Å². The van der Waals surface area contributed by atoms with Gasteiger partial charge in [0.15, 0.2) is 11.9 Å². The van der Waals surface area contributed by atoms with Crippen LogP contribution in [0.5, 0.6) is 0 Å². The lowest BCUT2D eigenvalue weighted by Crippen LogP contribution is -2.35. The monoisotopic (exact) mass is 495 g/mol. The van der Waals surface area contributed by atoms with Crippen molar-refractivity contribution >= 4 is 25.5 Å². The number of ether oxygens (including phenoxy) is 1. The van der Waals surface area contributed by atoms with Gasteiger partial charge in [-0.05, 0) is 78.7 Å². The Morgan fingerprint density at radius 3 is 2.31 bits per heavy atom. The summed E-state index contributed by atoms with van der Waals surface area (Å²) in [6, 6.07) is 5.38. The van der Waals surface area contributed by atoms with Crippen LogP contribution < -0.4 is 0 Å². The number of nitro benzene ring substituents is 1. The van der Waals surface area contributed by atoms with E-state index in [4.69, 9.17) is 4.74 Å². The maximum absolute atomic E-state index is 13.8. The zero-order valence-corrected chi connectivity index (χ0v) is 22.8. The van der Waals surface area contributed by atoms with Crippen molar-refractivity contribution in [1.29, 1.82) is 0 Å². The predicted octanol–water partition coefficient (Wildman–Crippen LogP) is 6.82. The van der Waals surface area contributed by atoms with E-state index >= 15 is 0 Å². The Bertz CT molecular complexity index is 1120. The Hall–Kier alpha value is -2.54. The molecule has 6 nitrogen and oxygen atoms in total. The second-order valence-corrected chi connectivity index (χ2v) is 17.4. The average molecular weight is 496 g/mol. The molecule has 0 N–H and O–H groups in total. The Labute approximate surface area is 209 Å². The summed E-state index contributed by atoms with van der Waals surface area (Å²) in [5.74, 6) is 0.411. The molecule has 0 spiro atoms. The van der Waals surface area contributed by atoms with Gasteiger partial charge in [-0.15, -0.1) is 0 Å². The van der Waals surface area contributed by atoms with E-state index in [2.05, 4.69) is 40.4 Å². The molecule has 188 valence electrons. The van der Waals surface area contributed by atoms with Gasteiger partial charge in [-0.1, -0.05) is 46.0 Å². The van der Waals surface area contributed by atoms with Crippen molar-refractivity contribution in [2.24, 2.45) is 17.3 Å². The molecule has 0 radical (unpaired) electrons. The molecule has 0 aliphatic heterocycles. The topological polar surface area (TPSA) is 86.5 Å². The maximum atomic E-state index is 13.8. The van der Waals surface area contributed by atoms with Crippen LogP contribution in [0.2, 0.25) is 19.6 Å². The fourth-order valence-electron chi connectivity index (χ4n) is 6.25. The Kier molecular flexibility index (Phi) is 6.68. The molecule has 0 amide bonds. The highest BCUT2D eigenvalue weighted by atomic mass is 28.3. The minimum Gasteiger partial charge on any atom is -0.445 e. The van der Waals surface area contributed by atoms with Gasteiger partial charge in [0.1, 0.15) is 0 Å². The molecule has 1 aromatic carbocycles. The van der Waals surface area contributed by atoms with Crippen LogP contribution in [0.1, 0.15) is 69.7 Å². The number of allylic oxidation sites excluding steroid dienone is 1. The van der Waals surface area contributed by atoms with Gasteiger partial charge in [0.25, 0.3) is 5.69 Å². The maximum Gasteiger partial charge on any atom is 0.339 e. The second kappa shape index (κ2) is 9.15. The van der Waals surface area contributed by atoms with Gasteiger partial charge in [-0.25, -0.2) is 4.79 Å². The summed E-state index contributed by atoms with van der Waals surface area (Å²) in [7, 11) is -1.98. The van der Waals surface area contributed by atoms with E-state index < -0.39 is 25.1 Å². The molecule has 1 unspecified atom stereocenters. The molecule has 1 fully saturated rings. The van der Waals surface area contributed by atoms with Crippen molar-refractivity contribution in [1.82, 2.24) is 0 Å². The molecule has 0 aromatic heterocycles. The van der Waals surface area contributed by atoms with Crippen molar-refractivity contribution in [3.8, 4) is 0 Å². The number of benzene rings is 1. The Morgan fingerprint density at radius 2 is 1.74 bits per heavy atom. The van der Waals surface area contributed by atoms with E-state index in [0.717, 1.165) is 54.9 Å². The van der Waals surface area contributed by atoms with Gasteiger partial charge in [-0.3, -0.25) is 14.9 Å². The molecule has 0 bridgehead atoms. The van der Waals surface area contributed by atoms with E-state index in [1.54, 1.807) is 0 Å². The highest BCUT2D eigenvalue weighted by Gasteiger charge is 2.48. The summed E-state index contributed by atoms with van der Waals surface area (Å²) in [4.78, 5) is 37.4. The first-order valence-electron chi connectivity index (χ1n) is 12.8. The summed E-state index contributed by atoms with van der Waals surface area (Å²) in [5.41, 5.74) is 3.87. The number of ketones is 1. The van der Waals surface area contributed by atoms with Crippen molar-refractivity contribution in [2.75, 3.05) is 0 Å². The molecule has 0 heterocycles. The molecule has 4 rings (SSSR count). The molecule has 3 atom stereocenters. The standard InChI is InChI=1S/C28H37NO5Si/c1-28(2,3)19-12-15-21-18(16-19)8-7-9-22-23(21)25(24(30)26(22)35(4,5)6)34-27(31)17-10-13-20(14-11-17)29(32)33/h10-11,13-14,18-19,25H,7-9,12,15-16H2,1-6H3/t18-,19-,25?/m0/s1. The normalized spacial score (nSPS) is 25.2. The van der Waals surface area contributed by atoms with Crippen LogP contribution in [0.4, 0.5) is 5.69 Å². The number of esters is 1. The highest BCUT2D eigenvalue weighted by molar-refractivity contribution is 6.88. The van der Waals surface area contributed by atoms with Crippen molar-refractivity contribution in [2.45, 2.75) is 85.0 Å². The van der Waals surface area contributed by atoms with E-state index in [1.165, 1.54) is 29.8 Å². The molecular weight excluding hydrogens is 458 g/mol. The summed E-state index contributed by atoms with van der Waals surface area (Å²) < 4.78 is 5.97. The minimum absolute atomic E-state index is 0.0458. The number of nitrogens with zero attached hydrogens (tertiary/aromatic N) is 1. The van der Waals surface area contributed by atoms with Crippen LogP contribution in [-0.2, 0) is 9.53 Å². The molecular formula is C28H37NO5Si. The van der Waals surface area contributed by atoms with E-state index in [1.807, 2.05) is 0 Å². The van der Waals surface area contributed by atoms with Crippen LogP contribution in [0, 0.1) is 27.4 Å². The van der Waals surface area contributed by atoms with Gasteiger partial charge >= 0.3 is 5.97 Å². The van der Waals surface area contributed by atoms with E-state index in [0.29, 0.717) is 11.8 Å². The molecule has 0 saturated heterocycles. The lowest BCUT2D eigenvalue weighted by atomic mass is 9.66. The van der Waals surface area contributed by atoms with Gasteiger partial charge < -0.3 is 4.74 Å². The minimum atomic E-state index is -1.98. The average Bonchev–Trinajstić information content (AvgIpc) is 2.92. The summed E-state index contributed by atoms with van der Waals surface area (Å²) in [5, 5.41) is 11.9. The third kappa shape index (κ3) is 4.92. The molecule has 3 aliphatic rings. The van der Waals surface area contributed by atoms with Crippen LogP contribution >= 0.6 is 0 Å². The zero-order valence-electron chi connectivity index (χ0n) is 21.8. The van der Waals surface area contributed by atoms with E-state index in [-0.39, 0.29) is 22.4 Å². The van der Waals surface area contributed by atoms with Crippen molar-refractivity contribution in [3.63, 3.8) is 0 Å². The summed E-state index contributed by atoms with van der Waals surface area (Å²) in [6.07, 6.45) is 5.30. The number of nitro groups is 1. The van der Waals surface area contributed by atoms with Crippen LogP contribution in [0.3, 0.4) is 0 Å². The summed E-state index contributed by atoms with van der Waals surface area (Å²) in [6.45, 7) is 13.5. The first-order valence-corrected chi connectivity index (χ1v) is 16.3. The molecule has 3 aliphatic carbocycles. The number of carbonyl (C=O) groups is 2. The van der Waals surface area contributed by atoms with Gasteiger partial charge in [0, 0.05) is 17.7 Å². The fraction of sp³-hybridized carbons (Fsp3) is 0.571. The predicted molar refractivity (Wildman–Crippen MR) is 139 cm³/mol. The number of fused-ring (bicyclic) bond motifs is 2. The number of carbonyl (C=O) groups excluding carboxylic acids is 2.